The summed E-state index contributed by atoms with van der Waals surface area (Å²) in [4.78, 5) is 12.0. The minimum atomic E-state index is -0.187. The highest BCUT2D eigenvalue weighted by Crippen LogP contribution is 2.21. The first-order valence-corrected chi connectivity index (χ1v) is 7.85. The summed E-state index contributed by atoms with van der Waals surface area (Å²) < 4.78 is 6.54. The highest BCUT2D eigenvalue weighted by molar-refractivity contribution is 9.10. The average Bonchev–Trinajstić information content (AvgIpc) is 3.02. The molecule has 6 heteroatoms. The van der Waals surface area contributed by atoms with Gasteiger partial charge in [0.1, 0.15) is 0 Å². The number of carbonyl (C=O) groups excluding carboxylic acids is 1. The standard InChI is InChI=1S/C17H14BrN3O2/c1-11-4-2-3-5-14(11)17-21-20-15(23-17)10-19-16(22)12-6-8-13(18)9-7-12/h2-9H,10H2,1H3,(H,19,22). The molecule has 3 aromatic rings. The number of carbonyl (C=O) groups is 1. The molecule has 1 heterocycles. The SMILES string of the molecule is Cc1ccccc1-c1nnc(CNC(=O)c2ccc(Br)cc2)o1. The van der Waals surface area contributed by atoms with Gasteiger partial charge in [-0.1, -0.05) is 34.1 Å². The first-order valence-electron chi connectivity index (χ1n) is 7.05. The van der Waals surface area contributed by atoms with Crippen LogP contribution in [0.5, 0.6) is 0 Å². The van der Waals surface area contributed by atoms with Gasteiger partial charge in [-0.2, -0.15) is 0 Å². The van der Waals surface area contributed by atoms with Crippen LogP contribution in [0.1, 0.15) is 21.8 Å². The average molecular weight is 372 g/mol. The molecule has 0 aliphatic carbocycles. The number of amides is 1. The fraction of sp³-hybridized carbons (Fsp3) is 0.118. The smallest absolute Gasteiger partial charge is 0.251 e. The number of hydrogen-bond donors (Lipinski definition) is 1. The van der Waals surface area contributed by atoms with E-state index in [1.165, 1.54) is 0 Å². The number of benzene rings is 2. The molecule has 0 saturated heterocycles. The predicted octanol–water partition coefficient (Wildman–Crippen LogP) is 3.74. The fourth-order valence-electron chi connectivity index (χ4n) is 2.11. The van der Waals surface area contributed by atoms with Crippen LogP contribution in [0.2, 0.25) is 0 Å². The first-order chi connectivity index (χ1) is 11.1. The zero-order chi connectivity index (χ0) is 16.2. The topological polar surface area (TPSA) is 68.0 Å². The van der Waals surface area contributed by atoms with Crippen molar-refractivity contribution in [3.63, 3.8) is 0 Å². The van der Waals surface area contributed by atoms with Crippen molar-refractivity contribution in [2.45, 2.75) is 13.5 Å². The number of rotatable bonds is 4. The van der Waals surface area contributed by atoms with Gasteiger partial charge in [0, 0.05) is 15.6 Å². The summed E-state index contributed by atoms with van der Waals surface area (Å²) >= 11 is 3.34. The number of nitrogens with one attached hydrogen (secondary N) is 1. The second kappa shape index (κ2) is 6.75. The van der Waals surface area contributed by atoms with Crippen molar-refractivity contribution in [1.29, 1.82) is 0 Å². The van der Waals surface area contributed by atoms with E-state index >= 15 is 0 Å². The highest BCUT2D eigenvalue weighted by atomic mass is 79.9. The monoisotopic (exact) mass is 371 g/mol. The minimum Gasteiger partial charge on any atom is -0.419 e. The Kier molecular flexibility index (Phi) is 4.52. The lowest BCUT2D eigenvalue weighted by Gasteiger charge is -2.02. The molecule has 1 amide bonds. The normalized spacial score (nSPS) is 10.5. The van der Waals surface area contributed by atoms with E-state index in [0.29, 0.717) is 17.3 Å². The Bertz CT molecular complexity index is 828. The summed E-state index contributed by atoms with van der Waals surface area (Å²) in [7, 11) is 0. The van der Waals surface area contributed by atoms with Crippen LogP contribution in [0.4, 0.5) is 0 Å². The molecule has 3 rings (SSSR count). The van der Waals surface area contributed by atoms with E-state index in [1.807, 2.05) is 43.3 Å². The molecule has 5 nitrogen and oxygen atoms in total. The van der Waals surface area contributed by atoms with Gasteiger partial charge < -0.3 is 9.73 Å². The van der Waals surface area contributed by atoms with Crippen molar-refractivity contribution in [2.75, 3.05) is 0 Å². The third kappa shape index (κ3) is 3.65. The van der Waals surface area contributed by atoms with Crippen LogP contribution in [0, 0.1) is 6.92 Å². The van der Waals surface area contributed by atoms with E-state index < -0.39 is 0 Å². The molecule has 0 aliphatic rings. The van der Waals surface area contributed by atoms with Crippen molar-refractivity contribution in [3.05, 3.63) is 70.0 Å². The van der Waals surface area contributed by atoms with Gasteiger partial charge in [0.2, 0.25) is 11.8 Å². The van der Waals surface area contributed by atoms with Crippen molar-refractivity contribution in [3.8, 4) is 11.5 Å². The molecule has 0 fully saturated rings. The molecule has 1 aromatic heterocycles. The summed E-state index contributed by atoms with van der Waals surface area (Å²) in [6.45, 7) is 2.17. The maximum atomic E-state index is 12.0. The zero-order valence-electron chi connectivity index (χ0n) is 12.4. The third-order valence-corrected chi connectivity index (χ3v) is 3.88. The Labute approximate surface area is 141 Å². The lowest BCUT2D eigenvalue weighted by Crippen LogP contribution is -2.22. The van der Waals surface area contributed by atoms with Crippen molar-refractivity contribution in [2.24, 2.45) is 0 Å². The van der Waals surface area contributed by atoms with Crippen LogP contribution in [-0.4, -0.2) is 16.1 Å². The van der Waals surface area contributed by atoms with E-state index in [9.17, 15) is 4.79 Å². The van der Waals surface area contributed by atoms with Crippen molar-refractivity contribution < 1.29 is 9.21 Å². The predicted molar refractivity (Wildman–Crippen MR) is 89.8 cm³/mol. The maximum absolute atomic E-state index is 12.0. The third-order valence-electron chi connectivity index (χ3n) is 3.35. The van der Waals surface area contributed by atoms with Gasteiger partial charge in [0.15, 0.2) is 0 Å². The second-order valence-electron chi connectivity index (χ2n) is 5.01. The molecular formula is C17H14BrN3O2. The van der Waals surface area contributed by atoms with Gasteiger partial charge in [0.05, 0.1) is 6.54 Å². The van der Waals surface area contributed by atoms with E-state index in [2.05, 4.69) is 31.4 Å². The van der Waals surface area contributed by atoms with Gasteiger partial charge in [-0.3, -0.25) is 4.79 Å². The minimum absolute atomic E-state index is 0.187. The molecular weight excluding hydrogens is 358 g/mol. The molecule has 0 radical (unpaired) electrons. The van der Waals surface area contributed by atoms with E-state index in [1.54, 1.807) is 12.1 Å². The van der Waals surface area contributed by atoms with E-state index in [4.69, 9.17) is 4.42 Å². The van der Waals surface area contributed by atoms with Gasteiger partial charge in [-0.05, 0) is 42.8 Å². The highest BCUT2D eigenvalue weighted by Gasteiger charge is 2.12. The van der Waals surface area contributed by atoms with Crippen LogP contribution in [-0.2, 0) is 6.54 Å². The van der Waals surface area contributed by atoms with Crippen LogP contribution in [0.3, 0.4) is 0 Å². The number of nitrogens with zero attached hydrogens (tertiary/aromatic N) is 2. The quantitative estimate of drug-likeness (QED) is 0.758. The fourth-order valence-corrected chi connectivity index (χ4v) is 2.37. The summed E-state index contributed by atoms with van der Waals surface area (Å²) in [6.07, 6.45) is 0. The Hall–Kier alpha value is -2.47. The summed E-state index contributed by atoms with van der Waals surface area (Å²) in [5.74, 6) is 0.637. The lowest BCUT2D eigenvalue weighted by atomic mass is 10.1. The largest absolute Gasteiger partial charge is 0.419 e. The van der Waals surface area contributed by atoms with E-state index in [0.717, 1.165) is 15.6 Å². The van der Waals surface area contributed by atoms with Crippen LogP contribution in [0.25, 0.3) is 11.5 Å². The number of aryl methyl sites for hydroxylation is 1. The van der Waals surface area contributed by atoms with Gasteiger partial charge in [-0.25, -0.2) is 0 Å². The number of aromatic nitrogens is 2. The molecule has 23 heavy (non-hydrogen) atoms. The molecule has 0 aliphatic heterocycles. The molecule has 0 saturated carbocycles. The Morgan fingerprint density at radius 3 is 2.61 bits per heavy atom. The molecule has 0 atom stereocenters. The number of halogens is 1. The molecule has 2 aromatic carbocycles. The number of hydrogen-bond acceptors (Lipinski definition) is 4. The van der Waals surface area contributed by atoms with Gasteiger partial charge in [-0.15, -0.1) is 10.2 Å². The van der Waals surface area contributed by atoms with Crippen LogP contribution in [0.15, 0.2) is 57.4 Å². The van der Waals surface area contributed by atoms with Crippen LogP contribution >= 0.6 is 15.9 Å². The van der Waals surface area contributed by atoms with Gasteiger partial charge in [0.25, 0.3) is 5.91 Å². The molecule has 0 unspecified atom stereocenters. The molecule has 0 bridgehead atoms. The molecule has 116 valence electrons. The molecule has 1 N–H and O–H groups in total. The zero-order valence-corrected chi connectivity index (χ0v) is 14.0. The van der Waals surface area contributed by atoms with E-state index in [-0.39, 0.29) is 12.5 Å². The summed E-state index contributed by atoms with van der Waals surface area (Å²) in [5, 5.41) is 10.8. The van der Waals surface area contributed by atoms with Gasteiger partial charge >= 0.3 is 0 Å². The first kappa shape index (κ1) is 15.4. The maximum Gasteiger partial charge on any atom is 0.251 e. The Balaban J connectivity index is 1.67. The Morgan fingerprint density at radius 1 is 1.13 bits per heavy atom. The Morgan fingerprint density at radius 2 is 1.87 bits per heavy atom. The summed E-state index contributed by atoms with van der Waals surface area (Å²) in [5.41, 5.74) is 2.53. The van der Waals surface area contributed by atoms with Crippen molar-refractivity contribution in [1.82, 2.24) is 15.5 Å². The van der Waals surface area contributed by atoms with Crippen molar-refractivity contribution >= 4 is 21.8 Å². The lowest BCUT2D eigenvalue weighted by molar-refractivity contribution is 0.0947. The summed E-state index contributed by atoms with van der Waals surface area (Å²) in [6, 6.07) is 14.9. The van der Waals surface area contributed by atoms with Crippen LogP contribution < -0.4 is 5.32 Å². The molecule has 0 spiro atoms. The second-order valence-corrected chi connectivity index (χ2v) is 5.92.